The van der Waals surface area contributed by atoms with E-state index in [1.165, 1.54) is 28.1 Å². The highest BCUT2D eigenvalue weighted by atomic mass is 19.1. The first kappa shape index (κ1) is 13.8. The summed E-state index contributed by atoms with van der Waals surface area (Å²) in [5, 5.41) is 8.94. The van der Waals surface area contributed by atoms with Crippen LogP contribution in [0.2, 0.25) is 0 Å². The van der Waals surface area contributed by atoms with Crippen LogP contribution in [-0.2, 0) is 12.1 Å². The van der Waals surface area contributed by atoms with Crippen LogP contribution < -0.4 is 9.47 Å². The molecule has 0 radical (unpaired) electrons. The molecule has 1 aromatic carbocycles. The molecule has 1 N–H and O–H groups in total. The van der Waals surface area contributed by atoms with Gasteiger partial charge in [-0.2, -0.15) is 0 Å². The van der Waals surface area contributed by atoms with Crippen molar-refractivity contribution in [1.82, 2.24) is 0 Å². The molecule has 0 aromatic heterocycles. The van der Waals surface area contributed by atoms with Gasteiger partial charge in [-0.05, 0) is 38.0 Å². The van der Waals surface area contributed by atoms with E-state index in [9.17, 15) is 4.39 Å². The van der Waals surface area contributed by atoms with Gasteiger partial charge >= 0.3 is 0 Å². The molecule has 0 saturated heterocycles. The van der Waals surface area contributed by atoms with Crippen LogP contribution in [0.3, 0.4) is 0 Å². The van der Waals surface area contributed by atoms with E-state index in [0.717, 1.165) is 5.56 Å². The summed E-state index contributed by atoms with van der Waals surface area (Å²) in [4.78, 5) is 0. The van der Waals surface area contributed by atoms with Crippen LogP contribution in [0.25, 0.3) is 0 Å². The summed E-state index contributed by atoms with van der Waals surface area (Å²) >= 11 is 0. The third kappa shape index (κ3) is 3.09. The number of benzene rings is 1. The molecule has 0 spiro atoms. The van der Waals surface area contributed by atoms with Crippen LogP contribution in [-0.4, -0.2) is 25.9 Å². The number of hydrogen-bond acceptors (Lipinski definition) is 3. The second-order valence-corrected chi connectivity index (χ2v) is 4.32. The quantitative estimate of drug-likeness (QED) is 0.862. The molecule has 0 aliphatic rings. The molecular formula is C13H19FO3. The van der Waals surface area contributed by atoms with Gasteiger partial charge in [0.1, 0.15) is 5.67 Å². The van der Waals surface area contributed by atoms with Crippen molar-refractivity contribution in [3.63, 3.8) is 0 Å². The molecule has 0 saturated carbocycles. The van der Waals surface area contributed by atoms with Crippen molar-refractivity contribution in [2.45, 2.75) is 25.9 Å². The number of ether oxygens (including phenoxy) is 2. The van der Waals surface area contributed by atoms with Crippen LogP contribution in [0, 0.1) is 0 Å². The third-order valence-corrected chi connectivity index (χ3v) is 2.58. The first-order valence-corrected chi connectivity index (χ1v) is 5.49. The molecule has 1 aromatic rings. The van der Waals surface area contributed by atoms with E-state index < -0.39 is 5.67 Å². The molecule has 0 unspecified atom stereocenters. The fourth-order valence-corrected chi connectivity index (χ4v) is 1.74. The zero-order chi connectivity index (χ0) is 13.1. The van der Waals surface area contributed by atoms with E-state index in [2.05, 4.69) is 0 Å². The Hall–Kier alpha value is -1.29. The number of hydrogen-bond donors (Lipinski definition) is 1. The Kier molecular flexibility index (Phi) is 4.34. The second kappa shape index (κ2) is 5.36. The van der Waals surface area contributed by atoms with Crippen LogP contribution in [0.4, 0.5) is 4.39 Å². The minimum atomic E-state index is -1.52. The van der Waals surface area contributed by atoms with Gasteiger partial charge in [0, 0.05) is 12.2 Å². The van der Waals surface area contributed by atoms with Gasteiger partial charge in [0.25, 0.3) is 0 Å². The number of halogens is 1. The Morgan fingerprint density at radius 2 is 1.88 bits per heavy atom. The highest BCUT2D eigenvalue weighted by Crippen LogP contribution is 2.40. The Morgan fingerprint density at radius 1 is 1.24 bits per heavy atom. The van der Waals surface area contributed by atoms with Gasteiger partial charge in [0.05, 0.1) is 14.2 Å². The lowest BCUT2D eigenvalue weighted by molar-refractivity contribution is 0.210. The molecule has 96 valence electrons. The van der Waals surface area contributed by atoms with Gasteiger partial charge in [0.2, 0.25) is 0 Å². The number of aliphatic hydroxyl groups excluding tert-OH is 1. The number of methoxy groups -OCH3 is 2. The lowest BCUT2D eigenvalue weighted by atomic mass is 9.95. The van der Waals surface area contributed by atoms with Gasteiger partial charge < -0.3 is 14.6 Å². The highest BCUT2D eigenvalue weighted by molar-refractivity contribution is 5.51. The van der Waals surface area contributed by atoms with Crippen LogP contribution >= 0.6 is 0 Å². The topological polar surface area (TPSA) is 38.7 Å². The monoisotopic (exact) mass is 242 g/mol. The second-order valence-electron chi connectivity index (χ2n) is 4.32. The van der Waals surface area contributed by atoms with Gasteiger partial charge in [-0.3, -0.25) is 0 Å². The molecule has 17 heavy (non-hydrogen) atoms. The lowest BCUT2D eigenvalue weighted by Crippen LogP contribution is -2.12. The zero-order valence-corrected chi connectivity index (χ0v) is 10.7. The Bertz CT molecular complexity index is 383. The predicted octanol–water partition coefficient (Wildman–Crippen LogP) is 2.44. The average molecular weight is 242 g/mol. The molecule has 4 heteroatoms. The van der Waals surface area contributed by atoms with Gasteiger partial charge in [-0.1, -0.05) is 0 Å². The van der Waals surface area contributed by atoms with E-state index in [1.54, 1.807) is 12.1 Å². The third-order valence-electron chi connectivity index (χ3n) is 2.58. The van der Waals surface area contributed by atoms with Crippen molar-refractivity contribution in [2.24, 2.45) is 0 Å². The average Bonchev–Trinajstić information content (AvgIpc) is 2.27. The lowest BCUT2D eigenvalue weighted by Gasteiger charge is -2.21. The van der Waals surface area contributed by atoms with E-state index in [-0.39, 0.29) is 6.61 Å². The van der Waals surface area contributed by atoms with Gasteiger partial charge in [-0.15, -0.1) is 0 Å². The standard InChI is InChI=1S/C13H19FO3/c1-13(2,14)10-7-9(5-6-15)8-11(16-3)12(10)17-4/h7-8,15H,5-6H2,1-4H3. The molecule has 0 amide bonds. The SMILES string of the molecule is COc1cc(CCO)cc(C(C)(C)F)c1OC. The molecule has 0 bridgehead atoms. The largest absolute Gasteiger partial charge is 0.493 e. The highest BCUT2D eigenvalue weighted by Gasteiger charge is 2.26. The summed E-state index contributed by atoms with van der Waals surface area (Å²) in [5.41, 5.74) is -0.266. The summed E-state index contributed by atoms with van der Waals surface area (Å²) in [6.45, 7) is 2.95. The van der Waals surface area contributed by atoms with E-state index in [0.29, 0.717) is 23.5 Å². The minimum Gasteiger partial charge on any atom is -0.493 e. The Morgan fingerprint density at radius 3 is 2.29 bits per heavy atom. The molecular weight excluding hydrogens is 223 g/mol. The van der Waals surface area contributed by atoms with Gasteiger partial charge in [-0.25, -0.2) is 4.39 Å². The summed E-state index contributed by atoms with van der Waals surface area (Å²) < 4.78 is 24.5. The van der Waals surface area contributed by atoms with Gasteiger partial charge in [0.15, 0.2) is 11.5 Å². The number of aliphatic hydroxyl groups is 1. The summed E-state index contributed by atoms with van der Waals surface area (Å²) in [5.74, 6) is 0.890. The van der Waals surface area contributed by atoms with Crippen molar-refractivity contribution in [3.05, 3.63) is 23.3 Å². The molecule has 0 fully saturated rings. The van der Waals surface area contributed by atoms with Crippen molar-refractivity contribution in [1.29, 1.82) is 0 Å². The first-order valence-electron chi connectivity index (χ1n) is 5.49. The zero-order valence-electron chi connectivity index (χ0n) is 10.7. The van der Waals surface area contributed by atoms with Crippen LogP contribution in [0.15, 0.2) is 12.1 Å². The molecule has 3 nitrogen and oxygen atoms in total. The van der Waals surface area contributed by atoms with Crippen molar-refractivity contribution in [2.75, 3.05) is 20.8 Å². The molecule has 0 atom stereocenters. The maximum absolute atomic E-state index is 14.1. The van der Waals surface area contributed by atoms with E-state index in [4.69, 9.17) is 14.6 Å². The smallest absolute Gasteiger partial charge is 0.167 e. The summed E-state index contributed by atoms with van der Waals surface area (Å²) in [6, 6.07) is 3.46. The fourth-order valence-electron chi connectivity index (χ4n) is 1.74. The van der Waals surface area contributed by atoms with Crippen molar-refractivity contribution in [3.8, 4) is 11.5 Å². The van der Waals surface area contributed by atoms with E-state index in [1.807, 2.05) is 0 Å². The molecule has 1 rings (SSSR count). The summed E-state index contributed by atoms with van der Waals surface area (Å²) in [7, 11) is 2.99. The van der Waals surface area contributed by atoms with Crippen LogP contribution in [0.5, 0.6) is 11.5 Å². The predicted molar refractivity (Wildman–Crippen MR) is 64.5 cm³/mol. The number of rotatable bonds is 5. The van der Waals surface area contributed by atoms with E-state index >= 15 is 0 Å². The van der Waals surface area contributed by atoms with Crippen molar-refractivity contribution >= 4 is 0 Å². The number of alkyl halides is 1. The maximum atomic E-state index is 14.1. The van der Waals surface area contributed by atoms with Crippen LogP contribution in [0.1, 0.15) is 25.0 Å². The first-order chi connectivity index (χ1) is 7.93. The van der Waals surface area contributed by atoms with Crippen molar-refractivity contribution < 1.29 is 19.0 Å². The maximum Gasteiger partial charge on any atom is 0.167 e. The minimum absolute atomic E-state index is 0.0155. The Labute approximate surface area is 101 Å². The Balaban J connectivity index is 3.37. The molecule has 0 heterocycles. The molecule has 0 aliphatic carbocycles. The normalized spacial score (nSPS) is 11.4. The fraction of sp³-hybridized carbons (Fsp3) is 0.538. The summed E-state index contributed by atoms with van der Waals surface area (Å²) in [6.07, 6.45) is 0.462. The molecule has 0 aliphatic heterocycles.